The molecule has 0 saturated carbocycles. The molecule has 0 fully saturated rings. The largest absolute Gasteiger partial charge is 2.00 e. The molecule has 0 spiro atoms. The third-order valence-corrected chi connectivity index (χ3v) is 0.636. The standard InChI is InChI=1S/2Ag.N2.O/c;;1-2;/q2*+1;2*-2. The minimum Gasteiger partial charge on any atom is -2.00 e. The second-order valence-electron chi connectivity index (χ2n) is 0.121. The number of nitrogens with zero attached hydrogens (tertiary/aromatic N) is 2. The second kappa shape index (κ2) is 8.90. The molecule has 0 aliphatic rings. The number of hydrogen-bond acceptors (Lipinski definition) is 2. The van der Waals surface area contributed by atoms with Crippen molar-refractivity contribution in [3.05, 3.63) is 0 Å². The maximum atomic E-state index is 3.09. The van der Waals surface area contributed by atoms with Gasteiger partial charge in [0, 0.05) is 0 Å². The van der Waals surface area contributed by atoms with E-state index in [0.29, 0.717) is 0 Å². The summed E-state index contributed by atoms with van der Waals surface area (Å²) in [7, 11) is 0. The van der Waals surface area contributed by atoms with Crippen LogP contribution >= 0.6 is 0 Å². The van der Waals surface area contributed by atoms with E-state index in [4.69, 9.17) is 0 Å². The molecule has 0 aromatic carbocycles. The molecule has 3 nitrogen and oxygen atoms in total. The number of rotatable bonds is 0. The van der Waals surface area contributed by atoms with Gasteiger partial charge in [0.2, 0.25) is 0 Å². The summed E-state index contributed by atoms with van der Waals surface area (Å²) in [6.45, 7) is 0. The van der Waals surface area contributed by atoms with E-state index in [0.717, 1.165) is 0 Å². The van der Waals surface area contributed by atoms with Crippen LogP contribution in [0.2, 0.25) is 0 Å². The summed E-state index contributed by atoms with van der Waals surface area (Å²) in [6.07, 6.45) is 0. The quantitative estimate of drug-likeness (QED) is 0.442. The van der Waals surface area contributed by atoms with Crippen LogP contribution < -0.4 is 0 Å². The molecule has 0 aromatic rings. The van der Waals surface area contributed by atoms with Crippen LogP contribution in [0.25, 0.3) is 0 Å². The van der Waals surface area contributed by atoms with Crippen molar-refractivity contribution in [3.63, 3.8) is 0 Å². The molecule has 0 heterocycles. The van der Waals surface area contributed by atoms with Gasteiger partial charge < -0.3 is 5.48 Å². The van der Waals surface area contributed by atoms with E-state index in [1.807, 2.05) is 0 Å². The Morgan fingerprint density at radius 3 is 1.20 bits per heavy atom. The fourth-order valence-corrected chi connectivity index (χ4v) is 0. The molecule has 0 radical (unpaired) electrons. The fraction of sp³-hybridized carbons (Fsp3) is 0. The maximum Gasteiger partial charge on any atom is -2.00 e. The molecular weight excluding hydrogens is 260 g/mol. The predicted molar refractivity (Wildman–Crippen MR) is 5.54 cm³/mol. The molecule has 5 heteroatoms. The van der Waals surface area contributed by atoms with Crippen molar-refractivity contribution in [2.45, 2.75) is 0 Å². The van der Waals surface area contributed by atoms with Crippen molar-refractivity contribution in [2.24, 2.45) is 7.04 Å². The van der Waals surface area contributed by atoms with E-state index in [1.54, 1.807) is 0 Å². The zero-order chi connectivity index (χ0) is 3.41. The Bertz CT molecular complexity index is 22.8. The average molecular weight is 260 g/mol. The predicted octanol–water partition coefficient (Wildman–Crippen LogP) is 0.243. The van der Waals surface area contributed by atoms with Crippen molar-refractivity contribution in [1.29, 1.82) is 0 Å². The maximum absolute atomic E-state index is 3.09. The Hall–Kier alpha value is 1.04. The molecule has 0 rings (SSSR count). The van der Waals surface area contributed by atoms with Gasteiger partial charge in [-0.2, -0.15) is 0 Å². The van der Waals surface area contributed by atoms with Crippen LogP contribution in [0.15, 0.2) is 7.04 Å². The smallest absolute Gasteiger partial charge is 2.00 e. The first kappa shape index (κ1) is 9.40. The van der Waals surface area contributed by atoms with Crippen LogP contribution in [0, 0.1) is 0 Å². The summed E-state index contributed by atoms with van der Waals surface area (Å²) in [5.41, 5.74) is 0. The molecule has 0 atom stereocenters. The van der Waals surface area contributed by atoms with Crippen molar-refractivity contribution in [3.8, 4) is 0 Å². The van der Waals surface area contributed by atoms with E-state index >= 15 is 0 Å². The van der Waals surface area contributed by atoms with Gasteiger partial charge in [-0.1, -0.05) is 0 Å². The van der Waals surface area contributed by atoms with Gasteiger partial charge in [0.05, 0.1) is 0 Å². The van der Waals surface area contributed by atoms with Gasteiger partial charge in [0.15, 0.2) is 0 Å². The van der Waals surface area contributed by atoms with Crippen LogP contribution in [0.5, 0.6) is 0 Å². The summed E-state index contributed by atoms with van der Waals surface area (Å²) in [6, 6.07) is 0. The van der Waals surface area contributed by atoms with Gasteiger partial charge in [-0.3, -0.25) is 0 Å². The van der Waals surface area contributed by atoms with Crippen LogP contribution in [0.3, 0.4) is 0 Å². The topological polar surface area (TPSA) is 53.2 Å². The van der Waals surface area contributed by atoms with Crippen LogP contribution in [0.4, 0.5) is 0 Å². The SMILES string of the molecule is [Ag][N]=[N][Ag].[O-2]. The van der Waals surface area contributed by atoms with E-state index in [-0.39, 0.29) is 5.48 Å². The molecule has 0 N–H and O–H groups in total. The van der Waals surface area contributed by atoms with Gasteiger partial charge in [-0.25, -0.2) is 0 Å². The Balaban J connectivity index is 0. The third kappa shape index (κ3) is 11.2. The first-order valence-corrected chi connectivity index (χ1v) is 1.80. The molecule has 40 valence electrons. The molecule has 0 aromatic heterocycles. The van der Waals surface area contributed by atoms with Gasteiger partial charge in [0.25, 0.3) is 0 Å². The molecule has 0 amide bonds. The van der Waals surface area contributed by atoms with Crippen LogP contribution in [0.1, 0.15) is 0 Å². The fourth-order valence-electron chi connectivity index (χ4n) is 0. The first-order chi connectivity index (χ1) is 1.91. The Morgan fingerprint density at radius 2 is 1.20 bits per heavy atom. The Kier molecular flexibility index (Phi) is 16.7. The van der Waals surface area contributed by atoms with Crippen molar-refractivity contribution in [1.82, 2.24) is 0 Å². The van der Waals surface area contributed by atoms with E-state index in [9.17, 15) is 0 Å². The third-order valence-electron chi connectivity index (χ3n) is 0.0182. The van der Waals surface area contributed by atoms with E-state index < -0.39 is 0 Å². The normalized spacial score (nSPS) is 8.00. The zero-order valence-electron chi connectivity index (χ0n) is 1.91. The Morgan fingerprint density at radius 1 is 1.00 bits per heavy atom. The average Bonchev–Trinajstić information content (AvgIpc) is 1.37. The summed E-state index contributed by atoms with van der Waals surface area (Å²) >= 11 is 5.35. The van der Waals surface area contributed by atoms with E-state index in [2.05, 4.69) is 49.7 Å². The van der Waals surface area contributed by atoms with Crippen molar-refractivity contribution >= 4 is 0 Å². The monoisotopic (exact) mass is 258 g/mol. The summed E-state index contributed by atoms with van der Waals surface area (Å²) in [4.78, 5) is 0. The van der Waals surface area contributed by atoms with Crippen LogP contribution in [-0.4, -0.2) is 0 Å². The molecule has 0 aliphatic heterocycles. The van der Waals surface area contributed by atoms with Gasteiger partial charge >= 0.3 is 49.7 Å². The zero-order valence-corrected chi connectivity index (χ0v) is 4.87. The molecule has 0 unspecified atom stereocenters. The minimum atomic E-state index is 0. The first-order valence-electron chi connectivity index (χ1n) is 0.470. The van der Waals surface area contributed by atoms with E-state index in [1.165, 1.54) is 0 Å². The molecule has 5 heavy (non-hydrogen) atoms. The van der Waals surface area contributed by atoms with Crippen LogP contribution in [-0.2, 0) is 48.1 Å². The van der Waals surface area contributed by atoms with Crippen molar-refractivity contribution < 1.29 is 48.1 Å². The summed E-state index contributed by atoms with van der Waals surface area (Å²) in [5, 5.41) is 0. The Labute approximate surface area is 55.0 Å². The van der Waals surface area contributed by atoms with Gasteiger partial charge in [-0.05, 0) is 0 Å². The molecule has 0 aliphatic carbocycles. The van der Waals surface area contributed by atoms with Gasteiger partial charge in [-0.15, -0.1) is 0 Å². The molecule has 0 saturated heterocycles. The van der Waals surface area contributed by atoms with Crippen molar-refractivity contribution in [2.75, 3.05) is 0 Å². The molecular formula is Ag2N2O-2. The summed E-state index contributed by atoms with van der Waals surface area (Å²) < 4.78 is 6.17. The summed E-state index contributed by atoms with van der Waals surface area (Å²) in [5.74, 6) is 0. The number of hydrogen-bond donors (Lipinski definition) is 0. The van der Waals surface area contributed by atoms with Gasteiger partial charge in [0.1, 0.15) is 0 Å². The minimum absolute atomic E-state index is 0. The molecule has 0 bridgehead atoms. The second-order valence-corrected chi connectivity index (χ2v) is 0.714.